The van der Waals surface area contributed by atoms with Crippen LogP contribution in [0, 0.1) is 0 Å². The molecule has 0 saturated heterocycles. The van der Waals surface area contributed by atoms with Crippen molar-refractivity contribution < 1.29 is 0 Å². The molecule has 0 amide bonds. The summed E-state index contributed by atoms with van der Waals surface area (Å²) in [6, 6.07) is 0. The summed E-state index contributed by atoms with van der Waals surface area (Å²) in [5.41, 5.74) is 0. The van der Waals surface area contributed by atoms with Gasteiger partial charge in [0.05, 0.1) is 0 Å². The zero-order valence-electron chi connectivity index (χ0n) is 13.8. The zero-order chi connectivity index (χ0) is 17.0. The van der Waals surface area contributed by atoms with Gasteiger partial charge in [-0.05, 0) is 0 Å². The molecular weight excluding hydrogens is 306 g/mol. The maximum atomic E-state index is 4.28. The lowest BCUT2D eigenvalue weighted by Gasteiger charge is -2.31. The van der Waals surface area contributed by atoms with Gasteiger partial charge in [-0.15, -0.1) is 13.2 Å². The van der Waals surface area contributed by atoms with Gasteiger partial charge in [0, 0.05) is 39.3 Å². The second kappa shape index (κ2) is 10.4. The summed E-state index contributed by atoms with van der Waals surface area (Å²) in [5, 5.41) is 15.2. The Hall–Kier alpha value is -2.36. The Morgan fingerprint density at radius 3 is 1.79 bits per heavy atom. The highest BCUT2D eigenvalue weighted by Gasteiger charge is 2.22. The molecule has 130 valence electrons. The van der Waals surface area contributed by atoms with Crippen LogP contribution in [-0.2, 0) is 0 Å². The van der Waals surface area contributed by atoms with Gasteiger partial charge in [-0.1, -0.05) is 12.2 Å². The summed E-state index contributed by atoms with van der Waals surface area (Å²) in [5.74, 6) is 0. The van der Waals surface area contributed by atoms with Crippen molar-refractivity contribution in [2.75, 3.05) is 39.3 Å². The second-order valence-electron chi connectivity index (χ2n) is 5.12. The molecular formula is C15H25N9. The van der Waals surface area contributed by atoms with Crippen molar-refractivity contribution in [2.45, 2.75) is 6.29 Å². The van der Waals surface area contributed by atoms with Crippen molar-refractivity contribution in [1.82, 2.24) is 45.1 Å². The lowest BCUT2D eigenvalue weighted by atomic mass is 10.4. The summed E-state index contributed by atoms with van der Waals surface area (Å²) < 4.78 is 3.55. The minimum Gasteiger partial charge on any atom is -0.312 e. The fourth-order valence-corrected chi connectivity index (χ4v) is 2.33. The van der Waals surface area contributed by atoms with Crippen LogP contribution in [0.4, 0.5) is 0 Å². The zero-order valence-corrected chi connectivity index (χ0v) is 13.8. The first kappa shape index (κ1) is 18.0. The van der Waals surface area contributed by atoms with E-state index < -0.39 is 0 Å². The third-order valence-corrected chi connectivity index (χ3v) is 3.40. The van der Waals surface area contributed by atoms with E-state index in [9.17, 15) is 0 Å². The van der Waals surface area contributed by atoms with Gasteiger partial charge in [0.1, 0.15) is 25.3 Å². The molecule has 0 aliphatic carbocycles. The highest BCUT2D eigenvalue weighted by atomic mass is 15.6. The number of hydrogen-bond acceptors (Lipinski definition) is 7. The van der Waals surface area contributed by atoms with E-state index in [1.807, 2.05) is 12.2 Å². The Labute approximate surface area is 142 Å². The van der Waals surface area contributed by atoms with Gasteiger partial charge in [0.25, 0.3) is 0 Å². The molecule has 2 N–H and O–H groups in total. The maximum absolute atomic E-state index is 4.28. The normalized spacial score (nSPS) is 11.2. The molecule has 2 rings (SSSR count). The predicted molar refractivity (Wildman–Crippen MR) is 92.2 cm³/mol. The summed E-state index contributed by atoms with van der Waals surface area (Å²) >= 11 is 0. The molecule has 2 heterocycles. The summed E-state index contributed by atoms with van der Waals surface area (Å²) in [7, 11) is 0. The molecule has 0 radical (unpaired) electrons. The van der Waals surface area contributed by atoms with E-state index in [4.69, 9.17) is 0 Å². The smallest absolute Gasteiger partial charge is 0.203 e. The molecule has 0 aliphatic rings. The Balaban J connectivity index is 2.09. The Kier molecular flexibility index (Phi) is 7.81. The molecule has 0 spiro atoms. The van der Waals surface area contributed by atoms with E-state index in [-0.39, 0.29) is 6.29 Å². The minimum atomic E-state index is -0.217. The number of nitrogens with zero attached hydrogens (tertiary/aromatic N) is 7. The molecule has 0 aliphatic heterocycles. The van der Waals surface area contributed by atoms with Gasteiger partial charge >= 0.3 is 0 Å². The van der Waals surface area contributed by atoms with E-state index in [0.29, 0.717) is 0 Å². The van der Waals surface area contributed by atoms with Crippen molar-refractivity contribution in [2.24, 2.45) is 0 Å². The fourth-order valence-electron chi connectivity index (χ4n) is 2.33. The van der Waals surface area contributed by atoms with Crippen LogP contribution in [0.5, 0.6) is 0 Å². The summed E-state index contributed by atoms with van der Waals surface area (Å²) in [6.45, 7) is 12.3. The molecule has 0 saturated carbocycles. The van der Waals surface area contributed by atoms with Crippen molar-refractivity contribution in [3.8, 4) is 0 Å². The van der Waals surface area contributed by atoms with E-state index in [0.717, 1.165) is 39.3 Å². The van der Waals surface area contributed by atoms with Crippen molar-refractivity contribution in [1.29, 1.82) is 0 Å². The fraction of sp³-hybridized carbons (Fsp3) is 0.467. The van der Waals surface area contributed by atoms with Gasteiger partial charge in [-0.2, -0.15) is 10.2 Å². The van der Waals surface area contributed by atoms with E-state index in [1.54, 1.807) is 22.0 Å². The molecule has 2 aromatic rings. The number of rotatable bonds is 13. The van der Waals surface area contributed by atoms with Crippen molar-refractivity contribution in [3.63, 3.8) is 0 Å². The first-order valence-corrected chi connectivity index (χ1v) is 7.92. The topological polar surface area (TPSA) is 88.7 Å². The number of aromatic nitrogens is 6. The third-order valence-electron chi connectivity index (χ3n) is 3.40. The summed E-state index contributed by atoms with van der Waals surface area (Å²) in [6.07, 6.45) is 9.90. The first-order valence-electron chi connectivity index (χ1n) is 7.92. The lowest BCUT2D eigenvalue weighted by molar-refractivity contribution is 0.0907. The standard InChI is InChI=1S/C15H25N9/c1-3-5-16-7-9-22(10-8-17-6-4-2)15(23-13-18-11-20-23)24-14-19-12-21-24/h3-4,11-17H,1-2,5-10H2. The van der Waals surface area contributed by atoms with Crippen molar-refractivity contribution in [3.05, 3.63) is 50.6 Å². The van der Waals surface area contributed by atoms with E-state index >= 15 is 0 Å². The van der Waals surface area contributed by atoms with Gasteiger partial charge in [0.15, 0.2) is 0 Å². The van der Waals surface area contributed by atoms with Crippen LogP contribution >= 0.6 is 0 Å². The number of nitrogens with one attached hydrogen (secondary N) is 2. The molecule has 0 bridgehead atoms. The van der Waals surface area contributed by atoms with Gasteiger partial charge < -0.3 is 10.6 Å². The first-order chi connectivity index (χ1) is 11.9. The lowest BCUT2D eigenvalue weighted by Crippen LogP contribution is -2.44. The average molecular weight is 331 g/mol. The minimum absolute atomic E-state index is 0.217. The SMILES string of the molecule is C=CCNCCN(CCNCC=C)C(n1cncn1)n1cncn1. The molecule has 0 fully saturated rings. The van der Waals surface area contributed by atoms with Crippen LogP contribution in [0.15, 0.2) is 50.6 Å². The summed E-state index contributed by atoms with van der Waals surface area (Å²) in [4.78, 5) is 10.4. The van der Waals surface area contributed by atoms with Crippen LogP contribution in [-0.4, -0.2) is 73.7 Å². The molecule has 0 unspecified atom stereocenters. The third kappa shape index (κ3) is 5.37. The molecule has 24 heavy (non-hydrogen) atoms. The molecule has 9 heteroatoms. The Bertz CT molecular complexity index is 514. The monoisotopic (exact) mass is 331 g/mol. The Morgan fingerprint density at radius 2 is 1.42 bits per heavy atom. The van der Waals surface area contributed by atoms with Gasteiger partial charge in [-0.3, -0.25) is 4.90 Å². The van der Waals surface area contributed by atoms with Crippen LogP contribution in [0.2, 0.25) is 0 Å². The largest absolute Gasteiger partial charge is 0.312 e. The highest BCUT2D eigenvalue weighted by molar-refractivity contribution is 4.77. The molecule has 0 aromatic carbocycles. The predicted octanol–water partition coefficient (Wildman–Crippen LogP) is -0.273. The second-order valence-corrected chi connectivity index (χ2v) is 5.12. The van der Waals surface area contributed by atoms with Crippen LogP contribution in [0.1, 0.15) is 6.29 Å². The van der Waals surface area contributed by atoms with E-state index in [1.165, 1.54) is 12.7 Å². The Morgan fingerprint density at radius 1 is 0.917 bits per heavy atom. The molecule has 9 nitrogen and oxygen atoms in total. The molecule has 0 atom stereocenters. The quantitative estimate of drug-likeness (QED) is 0.386. The highest BCUT2D eigenvalue weighted by Crippen LogP contribution is 2.12. The van der Waals surface area contributed by atoms with E-state index in [2.05, 4.69) is 48.9 Å². The van der Waals surface area contributed by atoms with Crippen LogP contribution in [0.3, 0.4) is 0 Å². The van der Waals surface area contributed by atoms with Crippen molar-refractivity contribution >= 4 is 0 Å². The maximum Gasteiger partial charge on any atom is 0.203 e. The number of hydrogen-bond donors (Lipinski definition) is 2. The van der Waals surface area contributed by atoms with Gasteiger partial charge in [-0.25, -0.2) is 19.3 Å². The van der Waals surface area contributed by atoms with Crippen LogP contribution in [0.25, 0.3) is 0 Å². The average Bonchev–Trinajstić information content (AvgIpc) is 3.29. The van der Waals surface area contributed by atoms with Gasteiger partial charge in [0.2, 0.25) is 6.29 Å². The van der Waals surface area contributed by atoms with Crippen LogP contribution < -0.4 is 10.6 Å². The molecule has 2 aromatic heterocycles.